The van der Waals surface area contributed by atoms with Gasteiger partial charge >= 0.3 is 0 Å². The fraction of sp³-hybridized carbons (Fsp3) is 0.162. The maximum atomic E-state index is 8.25. The van der Waals surface area contributed by atoms with Crippen LogP contribution in [0, 0.1) is 32.8 Å². The van der Waals surface area contributed by atoms with Gasteiger partial charge in [-0.15, -0.1) is 18.2 Å². The quantitative estimate of drug-likeness (QED) is 0.132. The Bertz CT molecular complexity index is 2410. The van der Waals surface area contributed by atoms with Crippen LogP contribution >= 0.6 is 0 Å². The van der Waals surface area contributed by atoms with Crippen LogP contribution in [0.2, 0.25) is 19.6 Å². The van der Waals surface area contributed by atoms with E-state index in [-0.39, 0.29) is 37.1 Å². The van der Waals surface area contributed by atoms with E-state index in [0.29, 0.717) is 39.2 Å². The number of pyridine rings is 1. The summed E-state index contributed by atoms with van der Waals surface area (Å²) in [6, 6.07) is 21.7. The topological polar surface area (TPSA) is 77.6 Å². The van der Waals surface area contributed by atoms with Gasteiger partial charge in [0.1, 0.15) is 5.58 Å². The van der Waals surface area contributed by atoms with Crippen molar-refractivity contribution in [3.8, 4) is 33.6 Å². The van der Waals surface area contributed by atoms with Crippen LogP contribution in [0.4, 0.5) is 0 Å². The van der Waals surface area contributed by atoms with Crippen molar-refractivity contribution in [1.29, 1.82) is 0 Å². The smallest absolute Gasteiger partial charge is 0.120 e. The molecule has 1 radical (unpaired) electrons. The van der Waals surface area contributed by atoms with Gasteiger partial charge in [-0.25, -0.2) is 0 Å². The first-order valence-electron chi connectivity index (χ1n) is 18.3. The van der Waals surface area contributed by atoms with Crippen LogP contribution in [0.25, 0.3) is 55.6 Å². The summed E-state index contributed by atoms with van der Waals surface area (Å²) < 4.78 is 76.6. The minimum atomic E-state index is -2.49. The molecule has 4 heterocycles. The number of nitrogens with zero attached hydrogens (tertiary/aromatic N) is 5. The van der Waals surface area contributed by atoms with Crippen LogP contribution < -0.4 is 5.19 Å². The summed E-state index contributed by atoms with van der Waals surface area (Å²) in [4.78, 5) is 19.8. The molecule has 0 fully saturated rings. The number of para-hydroxylation sites is 1. The maximum Gasteiger partial charge on any atom is 0.120 e. The van der Waals surface area contributed by atoms with Crippen molar-refractivity contribution in [3.63, 3.8) is 0 Å². The molecule has 3 aromatic carbocycles. The molecule has 4 aromatic heterocycles. The molecule has 0 saturated heterocycles. The number of benzene rings is 3. The van der Waals surface area contributed by atoms with Gasteiger partial charge in [0.05, 0.1) is 13.7 Å². The number of hydrogen-bond acceptors (Lipinski definition) is 6. The first-order chi connectivity index (χ1) is 24.8. The minimum Gasteiger partial charge on any atom is -0.501 e. The van der Waals surface area contributed by atoms with Gasteiger partial charge in [0.2, 0.25) is 0 Å². The zero-order chi connectivity index (χ0) is 38.3. The summed E-state index contributed by atoms with van der Waals surface area (Å²) in [6.45, 7) is -0.781. The number of fused-ring (bicyclic) bond motifs is 3. The molecule has 0 aliphatic heterocycles. The van der Waals surface area contributed by atoms with Crippen LogP contribution in [-0.4, -0.2) is 33.0 Å². The van der Waals surface area contributed by atoms with Gasteiger partial charge < -0.3 is 24.4 Å². The summed E-state index contributed by atoms with van der Waals surface area (Å²) in [6.07, 6.45) is 9.88. The van der Waals surface area contributed by atoms with E-state index < -0.39 is 28.6 Å². The van der Waals surface area contributed by atoms with Gasteiger partial charge in [-0.2, -0.15) is 0 Å². The number of aryl methyl sites for hydroxylation is 3. The van der Waals surface area contributed by atoms with Gasteiger partial charge in [0.25, 0.3) is 0 Å². The maximum absolute atomic E-state index is 8.25. The van der Waals surface area contributed by atoms with Crippen molar-refractivity contribution in [2.75, 3.05) is 0 Å². The van der Waals surface area contributed by atoms with Crippen LogP contribution in [0.1, 0.15) is 29.3 Å². The summed E-state index contributed by atoms with van der Waals surface area (Å²) in [5.74, 6) is -0.222. The first kappa shape index (κ1) is 22.2. The van der Waals surface area contributed by atoms with Crippen molar-refractivity contribution in [1.82, 2.24) is 24.9 Å². The van der Waals surface area contributed by atoms with E-state index in [4.69, 9.17) is 16.8 Å². The second-order valence-electron chi connectivity index (χ2n) is 11.1. The molecular weight excluding hydrogens is 751 g/mol. The van der Waals surface area contributed by atoms with E-state index in [1.165, 1.54) is 24.8 Å². The predicted molar refractivity (Wildman–Crippen MR) is 180 cm³/mol. The fourth-order valence-electron chi connectivity index (χ4n) is 4.80. The number of aromatic nitrogens is 5. The average molecular weight is 793 g/mol. The Morgan fingerprint density at radius 3 is 2.38 bits per heavy atom. The molecule has 0 spiro atoms. The molecule has 0 bridgehead atoms. The third-order valence-corrected chi connectivity index (χ3v) is 9.15. The molecule has 0 aliphatic rings. The van der Waals surface area contributed by atoms with Crippen molar-refractivity contribution in [2.24, 2.45) is 0 Å². The van der Waals surface area contributed by atoms with Gasteiger partial charge in [-0.05, 0) is 60.8 Å². The van der Waals surface area contributed by atoms with Crippen LogP contribution in [0.15, 0.2) is 96.1 Å². The molecule has 0 unspecified atom stereocenters. The van der Waals surface area contributed by atoms with Gasteiger partial charge in [-0.1, -0.05) is 90.0 Å². The van der Waals surface area contributed by atoms with Crippen LogP contribution in [0.3, 0.4) is 0 Å². The summed E-state index contributed by atoms with van der Waals surface area (Å²) in [5.41, 5.74) is 4.26. The third-order valence-electron chi connectivity index (χ3n) is 7.11. The average Bonchev–Trinajstić information content (AvgIpc) is 3.49. The van der Waals surface area contributed by atoms with Gasteiger partial charge in [-0.3, -0.25) is 4.98 Å². The molecule has 0 aliphatic carbocycles. The molecule has 0 atom stereocenters. The molecule has 0 saturated carbocycles. The normalized spacial score (nSPS) is 15.0. The van der Waals surface area contributed by atoms with Gasteiger partial charge in [0, 0.05) is 74.1 Å². The van der Waals surface area contributed by atoms with E-state index in [2.05, 4.69) is 56.8 Å². The Kier molecular flexibility index (Phi) is 6.57. The van der Waals surface area contributed by atoms with E-state index in [1.807, 2.05) is 36.4 Å². The molecule has 8 heteroatoms. The second-order valence-corrected chi connectivity index (χ2v) is 16.2. The van der Waals surface area contributed by atoms with Crippen molar-refractivity contribution in [3.05, 3.63) is 121 Å². The Morgan fingerprint density at radius 2 is 1.64 bits per heavy atom. The molecule has 7 rings (SSSR count). The van der Waals surface area contributed by atoms with E-state index in [9.17, 15) is 0 Å². The van der Waals surface area contributed by atoms with Gasteiger partial charge in [0.15, 0.2) is 0 Å². The zero-order valence-electron chi connectivity index (χ0n) is 33.6. The second kappa shape index (κ2) is 13.3. The van der Waals surface area contributed by atoms with E-state index >= 15 is 0 Å². The Morgan fingerprint density at radius 1 is 0.778 bits per heavy atom. The molecule has 6 nitrogen and oxygen atoms in total. The number of rotatable bonds is 4. The molecule has 0 N–H and O–H groups in total. The SMILES string of the molecule is [2H]C([2H])([2H])c1cnc(-c2[c-]ccc3c2oc2ccccc23)cc1-c1ccc([Si](C)(C)C)cc1C([2H])([2H])[2H].[2H]C([2H])([2H])c1n[c-]c(-c2cnccn2)cn1.[Ir]. The molecule has 227 valence electrons. The monoisotopic (exact) mass is 793 g/mol. The van der Waals surface area contributed by atoms with Crippen LogP contribution in [0.5, 0.6) is 0 Å². The Hall–Kier alpha value is -4.36. The number of furan rings is 1. The Labute approximate surface area is 291 Å². The van der Waals surface area contributed by atoms with E-state index in [1.54, 1.807) is 30.5 Å². The third kappa shape index (κ3) is 6.83. The largest absolute Gasteiger partial charge is 0.501 e. The molecule has 45 heavy (non-hydrogen) atoms. The van der Waals surface area contributed by atoms with Crippen LogP contribution in [-0.2, 0) is 20.1 Å². The Balaban J connectivity index is 0.000000276. The number of hydrogen-bond donors (Lipinski definition) is 0. The first-order valence-corrected chi connectivity index (χ1v) is 17.3. The van der Waals surface area contributed by atoms with E-state index in [0.717, 1.165) is 21.5 Å². The predicted octanol–water partition coefficient (Wildman–Crippen LogP) is 8.32. The summed E-state index contributed by atoms with van der Waals surface area (Å²) in [7, 11) is -1.82. The van der Waals surface area contributed by atoms with Crippen molar-refractivity contribution < 1.29 is 36.9 Å². The fourth-order valence-corrected chi connectivity index (χ4v) is 5.96. The summed E-state index contributed by atoms with van der Waals surface area (Å²) >= 11 is 0. The molecule has 0 amide bonds. The van der Waals surface area contributed by atoms with Crippen molar-refractivity contribution in [2.45, 2.75) is 40.2 Å². The molecule has 7 aromatic rings. The zero-order valence-corrected chi connectivity index (χ0v) is 28.0. The molecular formula is C37H33IrN5OSi-2. The van der Waals surface area contributed by atoms with Crippen molar-refractivity contribution >= 4 is 35.2 Å². The summed E-state index contributed by atoms with van der Waals surface area (Å²) in [5, 5.41) is 2.85. The minimum absolute atomic E-state index is 0. The standard InChI is InChI=1S/C28H26NOSi.C9H7N4.Ir/c1-18-15-20(31(3,4)5)13-14-21(18)25-16-26(29-17-19(25)2)24-11-8-10-23-22-9-6-7-12-27(22)30-28(23)24;1-7-12-4-8(5-13-7)9-6-10-2-3-11-9;/h6-10,12-17H,1-5H3;2-4,6H,1H3;/q2*-1;/i1D3,2D3;1D3;.